The van der Waals surface area contributed by atoms with Gasteiger partial charge in [0.1, 0.15) is 0 Å². The molecular weight excluding hydrogens is 462 g/mol. The third-order valence-electron chi connectivity index (χ3n) is 5.24. The first kappa shape index (κ1) is 22.0. The van der Waals surface area contributed by atoms with Crippen molar-refractivity contribution in [3.8, 4) is 0 Å². The Labute approximate surface area is 163 Å². The maximum atomic E-state index is 13.0. The van der Waals surface area contributed by atoms with E-state index in [0.717, 1.165) is 10.1 Å². The Morgan fingerprint density at radius 1 is 0.923 bits per heavy atom. The molecule has 0 amide bonds. The van der Waals surface area contributed by atoms with Gasteiger partial charge in [-0.1, -0.05) is 0 Å². The van der Waals surface area contributed by atoms with Gasteiger partial charge in [-0.25, -0.2) is 0 Å². The third kappa shape index (κ3) is 5.37. The van der Waals surface area contributed by atoms with Gasteiger partial charge in [0.15, 0.2) is 0 Å². The fourth-order valence-corrected chi connectivity index (χ4v) is 23.9. The molecule has 2 aromatic rings. The second-order valence-electron chi connectivity index (χ2n) is 7.31. The summed E-state index contributed by atoms with van der Waals surface area (Å²) in [5, 5.41) is 0.734. The molecule has 2 aromatic heterocycles. The van der Waals surface area contributed by atoms with Crippen LogP contribution < -0.4 is 2.89 Å². The summed E-state index contributed by atoms with van der Waals surface area (Å²) < 4.78 is 45.4. The third-order valence-corrected chi connectivity index (χ3v) is 24.5. The maximum absolute atomic E-state index is 13.0. The number of hydrogen-bond acceptors (Lipinski definition) is 2. The van der Waals surface area contributed by atoms with Crippen LogP contribution in [0.2, 0.25) is 13.3 Å². The van der Waals surface area contributed by atoms with Crippen LogP contribution in [0.5, 0.6) is 0 Å². The van der Waals surface area contributed by atoms with E-state index in [0.29, 0.717) is 0 Å². The van der Waals surface area contributed by atoms with Crippen LogP contribution in [0.1, 0.15) is 65.0 Å². The van der Waals surface area contributed by atoms with Gasteiger partial charge in [-0.05, 0) is 0 Å². The van der Waals surface area contributed by atoms with Gasteiger partial charge in [0.05, 0.1) is 0 Å². The zero-order valence-electron chi connectivity index (χ0n) is 16.1. The van der Waals surface area contributed by atoms with Crippen LogP contribution in [0, 0.1) is 0 Å². The minimum absolute atomic E-state index is 0.734. The van der Waals surface area contributed by atoms with Crippen molar-refractivity contribution in [1.29, 1.82) is 0 Å². The molecule has 146 valence electrons. The van der Waals surface area contributed by atoms with E-state index in [1.54, 1.807) is 11.3 Å². The van der Waals surface area contributed by atoms with E-state index in [1.165, 1.54) is 67.0 Å². The predicted octanol–water partition coefficient (Wildman–Crippen LogP) is 7.37. The van der Waals surface area contributed by atoms with Crippen molar-refractivity contribution >= 4 is 42.7 Å². The van der Waals surface area contributed by atoms with Crippen LogP contribution in [0.4, 0.5) is 13.2 Å². The van der Waals surface area contributed by atoms with Crippen molar-refractivity contribution < 1.29 is 13.2 Å². The number of nitrogens with zero attached hydrogens (tertiary/aromatic N) is 1. The number of alkyl halides is 3. The van der Waals surface area contributed by atoms with Gasteiger partial charge in [0, 0.05) is 0 Å². The van der Waals surface area contributed by atoms with Crippen LogP contribution in [0.15, 0.2) is 18.3 Å². The first-order chi connectivity index (χ1) is 12.4. The topological polar surface area (TPSA) is 12.9 Å². The van der Waals surface area contributed by atoms with E-state index >= 15 is 0 Å². The van der Waals surface area contributed by atoms with Gasteiger partial charge in [-0.2, -0.15) is 0 Å². The zero-order valence-corrected chi connectivity index (χ0v) is 19.8. The summed E-state index contributed by atoms with van der Waals surface area (Å²) in [5.41, 5.74) is -0.772. The molecule has 0 aliphatic heterocycles. The van der Waals surface area contributed by atoms with E-state index in [1.807, 2.05) is 0 Å². The summed E-state index contributed by atoms with van der Waals surface area (Å²) in [6.07, 6.45) is 4.41. The van der Waals surface area contributed by atoms with Crippen molar-refractivity contribution in [2.45, 2.75) is 78.8 Å². The number of unbranched alkanes of at least 4 members (excludes halogenated alkanes) is 3. The first-order valence-corrected chi connectivity index (χ1v) is 18.1. The average molecular weight is 492 g/mol. The Hall–Kier alpha value is -0.301. The summed E-state index contributed by atoms with van der Waals surface area (Å²) in [7, 11) is 0. The summed E-state index contributed by atoms with van der Waals surface area (Å²) in [4.78, 5) is 3.67. The normalized spacial score (nSPS) is 12.8. The van der Waals surface area contributed by atoms with Gasteiger partial charge >= 0.3 is 164 Å². The van der Waals surface area contributed by atoms with Crippen molar-refractivity contribution in [3.05, 3.63) is 24.0 Å². The predicted molar refractivity (Wildman–Crippen MR) is 109 cm³/mol. The molecule has 0 spiro atoms. The number of halogens is 3. The molecular formula is C20H30F3NSSn. The molecule has 0 radical (unpaired) electrons. The van der Waals surface area contributed by atoms with Crippen molar-refractivity contribution in [3.63, 3.8) is 0 Å². The fourth-order valence-electron chi connectivity index (χ4n) is 3.65. The van der Waals surface area contributed by atoms with E-state index in [4.69, 9.17) is 0 Å². The Bertz CT molecular complexity index is 674. The molecule has 0 bridgehead atoms. The molecule has 2 heterocycles. The molecule has 1 nitrogen and oxygen atoms in total. The Kier molecular flexibility index (Phi) is 8.26. The molecule has 0 unspecified atom stereocenters. The number of rotatable bonds is 10. The van der Waals surface area contributed by atoms with E-state index in [9.17, 15) is 13.2 Å². The molecule has 0 aliphatic carbocycles. The number of hydrogen-bond donors (Lipinski definition) is 0. The molecule has 0 aromatic carbocycles. The molecule has 0 fully saturated rings. The van der Waals surface area contributed by atoms with Crippen LogP contribution in [0.3, 0.4) is 0 Å². The monoisotopic (exact) mass is 493 g/mol. The summed E-state index contributed by atoms with van der Waals surface area (Å²) in [5.74, 6) is 0. The second kappa shape index (κ2) is 9.76. The Morgan fingerprint density at radius 3 is 1.92 bits per heavy atom. The van der Waals surface area contributed by atoms with Gasteiger partial charge in [0.2, 0.25) is 0 Å². The summed E-state index contributed by atoms with van der Waals surface area (Å²) in [6, 6.07) is 3.35. The second-order valence-corrected chi connectivity index (χ2v) is 22.6. The van der Waals surface area contributed by atoms with Crippen LogP contribution in [-0.2, 0) is 6.18 Å². The van der Waals surface area contributed by atoms with Crippen molar-refractivity contribution in [1.82, 2.24) is 4.98 Å². The minimum atomic E-state index is -4.37. The number of thiophene rings is 1. The van der Waals surface area contributed by atoms with Crippen LogP contribution in [-0.4, -0.2) is 23.4 Å². The molecule has 6 heteroatoms. The Balaban J connectivity index is 2.47. The van der Waals surface area contributed by atoms with E-state index in [-0.39, 0.29) is 0 Å². The Morgan fingerprint density at radius 2 is 1.46 bits per heavy atom. The van der Waals surface area contributed by atoms with Gasteiger partial charge in [0.25, 0.3) is 0 Å². The molecule has 26 heavy (non-hydrogen) atoms. The van der Waals surface area contributed by atoms with Crippen LogP contribution >= 0.6 is 11.3 Å². The van der Waals surface area contributed by atoms with Gasteiger partial charge < -0.3 is 0 Å². The average Bonchev–Trinajstić information content (AvgIpc) is 3.04. The number of fused-ring (bicyclic) bond motifs is 1. The van der Waals surface area contributed by atoms with E-state index in [2.05, 4.69) is 31.8 Å². The molecule has 0 atom stereocenters. The quantitative estimate of drug-likeness (QED) is 0.316. The molecule has 0 saturated heterocycles. The number of aromatic nitrogens is 1. The fraction of sp³-hybridized carbons (Fsp3) is 0.650. The first-order valence-electron chi connectivity index (χ1n) is 9.83. The summed E-state index contributed by atoms with van der Waals surface area (Å²) >= 11 is -0.841. The standard InChI is InChI=1S/C8H3F3NS.3C4H9.Sn/c9-8(10,11)7-3-5-1-2-13-6(5)4-12-7;3*1-3-4-2;/h1,3-4H;3*1,3-4H2,2H3;. The SMILES string of the molecule is CCC[CH2][Sn]([CH2]CCC)([CH2]CCC)[c]1cc2cc(C(F)(F)F)ncc2s1. The molecule has 0 aliphatic rings. The van der Waals surface area contributed by atoms with Gasteiger partial charge in [-0.3, -0.25) is 0 Å². The van der Waals surface area contributed by atoms with Crippen molar-refractivity contribution in [2.24, 2.45) is 0 Å². The number of pyridine rings is 1. The van der Waals surface area contributed by atoms with E-state index < -0.39 is 30.2 Å². The summed E-state index contributed by atoms with van der Waals surface area (Å²) in [6.45, 7) is 6.71. The van der Waals surface area contributed by atoms with Gasteiger partial charge in [-0.15, -0.1) is 0 Å². The van der Waals surface area contributed by atoms with Crippen LogP contribution in [0.25, 0.3) is 10.1 Å². The zero-order chi connectivity index (χ0) is 19.2. The molecule has 0 N–H and O–H groups in total. The molecule has 0 saturated carbocycles. The van der Waals surface area contributed by atoms with Crippen molar-refractivity contribution in [2.75, 3.05) is 0 Å². The molecule has 2 rings (SSSR count).